The molecule has 1 aromatic carbocycles. The minimum Gasteiger partial charge on any atom is -0.493 e. The van der Waals surface area contributed by atoms with Crippen LogP contribution >= 0.6 is 11.6 Å². The number of aromatic nitrogens is 2. The molecule has 0 unspecified atom stereocenters. The van der Waals surface area contributed by atoms with Gasteiger partial charge in [0, 0.05) is 18.1 Å². The average Bonchev–Trinajstić information content (AvgIpc) is 2.47. The molecule has 21 heavy (non-hydrogen) atoms. The van der Waals surface area contributed by atoms with Crippen molar-refractivity contribution in [3.8, 4) is 17.0 Å². The SMILES string of the molecule is O=c1[nH]c(N2CCOCC2)nc(O)c1-c1cccc(Cl)c1. The Bertz CT molecular complexity index is 711. The molecule has 3 rings (SSSR count). The van der Waals surface area contributed by atoms with Gasteiger partial charge in [-0.25, -0.2) is 0 Å². The van der Waals surface area contributed by atoms with Crippen molar-refractivity contribution in [1.29, 1.82) is 0 Å². The molecule has 0 spiro atoms. The second-order valence-corrected chi connectivity index (χ2v) is 5.13. The Morgan fingerprint density at radius 1 is 1.33 bits per heavy atom. The summed E-state index contributed by atoms with van der Waals surface area (Å²) in [7, 11) is 0. The molecule has 2 heterocycles. The van der Waals surface area contributed by atoms with E-state index in [1.165, 1.54) is 0 Å². The first-order valence-electron chi connectivity index (χ1n) is 6.57. The fourth-order valence-corrected chi connectivity index (χ4v) is 2.47. The summed E-state index contributed by atoms with van der Waals surface area (Å²) in [5.41, 5.74) is 0.253. The summed E-state index contributed by atoms with van der Waals surface area (Å²) < 4.78 is 5.25. The molecule has 110 valence electrons. The highest BCUT2D eigenvalue weighted by molar-refractivity contribution is 6.30. The normalized spacial score (nSPS) is 15.2. The number of benzene rings is 1. The first-order chi connectivity index (χ1) is 10.1. The van der Waals surface area contributed by atoms with E-state index < -0.39 is 5.56 Å². The van der Waals surface area contributed by atoms with Gasteiger partial charge < -0.3 is 14.7 Å². The fourth-order valence-electron chi connectivity index (χ4n) is 2.28. The summed E-state index contributed by atoms with van der Waals surface area (Å²) in [6.07, 6.45) is 0. The highest BCUT2D eigenvalue weighted by Crippen LogP contribution is 2.27. The third-order valence-electron chi connectivity index (χ3n) is 3.31. The van der Waals surface area contributed by atoms with Gasteiger partial charge in [0.15, 0.2) is 0 Å². The maximum Gasteiger partial charge on any atom is 0.264 e. The molecule has 0 atom stereocenters. The molecular formula is C14H14ClN3O3. The fraction of sp³-hybridized carbons (Fsp3) is 0.286. The molecule has 1 saturated heterocycles. The van der Waals surface area contributed by atoms with Crippen LogP contribution in [0.3, 0.4) is 0 Å². The van der Waals surface area contributed by atoms with Gasteiger partial charge in [0.1, 0.15) is 5.56 Å². The van der Waals surface area contributed by atoms with Crippen LogP contribution < -0.4 is 10.5 Å². The second kappa shape index (κ2) is 5.75. The molecule has 1 aliphatic heterocycles. The van der Waals surface area contributed by atoms with Crippen LogP contribution in [-0.4, -0.2) is 41.4 Å². The van der Waals surface area contributed by atoms with Crippen molar-refractivity contribution in [2.24, 2.45) is 0 Å². The number of nitrogens with one attached hydrogen (secondary N) is 1. The van der Waals surface area contributed by atoms with E-state index in [4.69, 9.17) is 16.3 Å². The number of morpholine rings is 1. The molecule has 6 nitrogen and oxygen atoms in total. The zero-order valence-corrected chi connectivity index (χ0v) is 11.9. The van der Waals surface area contributed by atoms with E-state index in [2.05, 4.69) is 9.97 Å². The van der Waals surface area contributed by atoms with Gasteiger partial charge in [-0.2, -0.15) is 4.98 Å². The van der Waals surface area contributed by atoms with Crippen LogP contribution in [0.2, 0.25) is 5.02 Å². The quantitative estimate of drug-likeness (QED) is 0.881. The number of rotatable bonds is 2. The van der Waals surface area contributed by atoms with E-state index in [0.29, 0.717) is 42.8 Å². The van der Waals surface area contributed by atoms with Gasteiger partial charge in [-0.1, -0.05) is 23.7 Å². The molecule has 7 heteroatoms. The first kappa shape index (κ1) is 13.9. The summed E-state index contributed by atoms with van der Waals surface area (Å²) in [6.45, 7) is 2.39. The summed E-state index contributed by atoms with van der Waals surface area (Å²) in [6, 6.07) is 6.73. The number of hydrogen-bond acceptors (Lipinski definition) is 5. The van der Waals surface area contributed by atoms with Gasteiger partial charge in [-0.05, 0) is 17.7 Å². The number of H-pyrrole nitrogens is 1. The minimum absolute atomic E-state index is 0.120. The van der Waals surface area contributed by atoms with Crippen LogP contribution in [0.25, 0.3) is 11.1 Å². The molecule has 0 aliphatic carbocycles. The zero-order chi connectivity index (χ0) is 14.8. The van der Waals surface area contributed by atoms with Crippen LogP contribution in [0.4, 0.5) is 5.95 Å². The number of aromatic amines is 1. The lowest BCUT2D eigenvalue weighted by Crippen LogP contribution is -2.38. The number of aromatic hydroxyl groups is 1. The number of halogens is 1. The van der Waals surface area contributed by atoms with Crippen LogP contribution in [0.1, 0.15) is 0 Å². The van der Waals surface area contributed by atoms with Gasteiger partial charge in [-0.3, -0.25) is 9.78 Å². The Morgan fingerprint density at radius 3 is 2.76 bits per heavy atom. The number of ether oxygens (including phenoxy) is 1. The van der Waals surface area contributed by atoms with E-state index in [1.54, 1.807) is 24.3 Å². The predicted octanol–water partition coefficient (Wildman–Crippen LogP) is 1.63. The molecule has 1 fully saturated rings. The Kier molecular flexibility index (Phi) is 3.81. The predicted molar refractivity (Wildman–Crippen MR) is 80.0 cm³/mol. The standard InChI is InChI=1S/C14H14ClN3O3/c15-10-3-1-2-9(8-10)11-12(19)16-14(17-13(11)20)18-4-6-21-7-5-18/h1-3,8H,4-7H2,(H2,16,17,19,20). The van der Waals surface area contributed by atoms with Crippen LogP contribution in [0.15, 0.2) is 29.1 Å². The van der Waals surface area contributed by atoms with Gasteiger partial charge in [0.2, 0.25) is 11.8 Å². The topological polar surface area (TPSA) is 78.5 Å². The Morgan fingerprint density at radius 2 is 2.10 bits per heavy atom. The number of hydrogen-bond donors (Lipinski definition) is 2. The smallest absolute Gasteiger partial charge is 0.264 e. The molecule has 0 bridgehead atoms. The van der Waals surface area contributed by atoms with Crippen molar-refractivity contribution in [2.45, 2.75) is 0 Å². The van der Waals surface area contributed by atoms with Crippen LogP contribution in [0, 0.1) is 0 Å². The lowest BCUT2D eigenvalue weighted by Gasteiger charge is -2.27. The van der Waals surface area contributed by atoms with Crippen molar-refractivity contribution in [2.75, 3.05) is 31.2 Å². The highest BCUT2D eigenvalue weighted by Gasteiger charge is 2.18. The third kappa shape index (κ3) is 2.86. The maximum atomic E-state index is 12.3. The van der Waals surface area contributed by atoms with Gasteiger partial charge in [0.05, 0.1) is 13.2 Å². The Labute approximate surface area is 126 Å². The lowest BCUT2D eigenvalue weighted by atomic mass is 10.1. The Balaban J connectivity index is 2.02. The maximum absolute atomic E-state index is 12.3. The van der Waals surface area contributed by atoms with Crippen molar-refractivity contribution < 1.29 is 9.84 Å². The summed E-state index contributed by atoms with van der Waals surface area (Å²) in [4.78, 5) is 20.9. The summed E-state index contributed by atoms with van der Waals surface area (Å²) >= 11 is 5.92. The summed E-state index contributed by atoms with van der Waals surface area (Å²) in [5, 5.41) is 10.6. The van der Waals surface area contributed by atoms with Crippen LogP contribution in [-0.2, 0) is 4.74 Å². The van der Waals surface area contributed by atoms with Gasteiger partial charge in [0.25, 0.3) is 5.56 Å². The molecule has 0 saturated carbocycles. The highest BCUT2D eigenvalue weighted by atomic mass is 35.5. The molecule has 0 radical (unpaired) electrons. The van der Waals surface area contributed by atoms with Crippen molar-refractivity contribution in [3.63, 3.8) is 0 Å². The monoisotopic (exact) mass is 307 g/mol. The van der Waals surface area contributed by atoms with Crippen molar-refractivity contribution >= 4 is 17.5 Å². The van der Waals surface area contributed by atoms with Gasteiger partial charge >= 0.3 is 0 Å². The van der Waals surface area contributed by atoms with Crippen molar-refractivity contribution in [3.05, 3.63) is 39.6 Å². The number of nitrogens with zero attached hydrogens (tertiary/aromatic N) is 2. The molecule has 2 aromatic rings. The molecule has 1 aliphatic rings. The van der Waals surface area contributed by atoms with Crippen LogP contribution in [0.5, 0.6) is 5.88 Å². The second-order valence-electron chi connectivity index (χ2n) is 4.70. The third-order valence-corrected chi connectivity index (χ3v) is 3.55. The molecule has 1 aromatic heterocycles. The molecule has 0 amide bonds. The summed E-state index contributed by atoms with van der Waals surface area (Å²) in [5.74, 6) is 0.0501. The zero-order valence-electron chi connectivity index (χ0n) is 11.2. The molecular weight excluding hydrogens is 294 g/mol. The minimum atomic E-state index is -0.397. The van der Waals surface area contributed by atoms with E-state index >= 15 is 0 Å². The van der Waals surface area contributed by atoms with E-state index in [-0.39, 0.29) is 11.4 Å². The number of anilines is 1. The molecule has 2 N–H and O–H groups in total. The van der Waals surface area contributed by atoms with Gasteiger partial charge in [-0.15, -0.1) is 0 Å². The lowest BCUT2D eigenvalue weighted by molar-refractivity contribution is 0.122. The van der Waals surface area contributed by atoms with Crippen molar-refractivity contribution in [1.82, 2.24) is 9.97 Å². The van der Waals surface area contributed by atoms with E-state index in [9.17, 15) is 9.90 Å². The first-order valence-corrected chi connectivity index (χ1v) is 6.95. The van der Waals surface area contributed by atoms with E-state index in [1.807, 2.05) is 4.90 Å². The average molecular weight is 308 g/mol. The van der Waals surface area contributed by atoms with E-state index in [0.717, 1.165) is 0 Å². The Hall–Kier alpha value is -2.05. The largest absolute Gasteiger partial charge is 0.493 e.